The number of nitrogens with zero attached hydrogens (tertiary/aromatic N) is 1. The minimum atomic E-state index is -0.709. The SMILES string of the molecule is CCOC(=O)C[C@H](C)OC(=O)c1cc(N=C=O)ccc1Cl. The summed E-state index contributed by atoms with van der Waals surface area (Å²) >= 11 is 5.90. The molecule has 7 heteroatoms. The molecule has 0 bridgehead atoms. The number of halogens is 1. The van der Waals surface area contributed by atoms with Crippen LogP contribution in [-0.4, -0.2) is 30.7 Å². The molecule has 6 nitrogen and oxygen atoms in total. The Hall–Kier alpha value is -2.17. The normalized spacial score (nSPS) is 11.2. The third-order valence-electron chi connectivity index (χ3n) is 2.41. The number of rotatable bonds is 6. The van der Waals surface area contributed by atoms with Gasteiger partial charge in [0.15, 0.2) is 0 Å². The molecule has 1 atom stereocenters. The Morgan fingerprint density at radius 1 is 1.43 bits per heavy atom. The first-order valence-corrected chi connectivity index (χ1v) is 6.59. The first-order chi connectivity index (χ1) is 9.97. The van der Waals surface area contributed by atoms with Gasteiger partial charge in [-0.25, -0.2) is 9.59 Å². The quantitative estimate of drug-likeness (QED) is 0.458. The van der Waals surface area contributed by atoms with Crippen molar-refractivity contribution in [2.24, 2.45) is 4.99 Å². The zero-order chi connectivity index (χ0) is 15.8. The van der Waals surface area contributed by atoms with Crippen LogP contribution in [0.2, 0.25) is 5.02 Å². The standard InChI is InChI=1S/C14H14ClNO5/c1-3-20-13(18)6-9(2)21-14(19)11-7-10(16-8-17)4-5-12(11)15/h4-5,7,9H,3,6H2,1-2H3/t9-/m0/s1. The van der Waals surface area contributed by atoms with E-state index in [4.69, 9.17) is 21.1 Å². The Balaban J connectivity index is 2.77. The van der Waals surface area contributed by atoms with E-state index in [1.165, 1.54) is 24.3 Å². The molecule has 0 saturated carbocycles. The Morgan fingerprint density at radius 3 is 2.76 bits per heavy atom. The Morgan fingerprint density at radius 2 is 2.14 bits per heavy atom. The first-order valence-electron chi connectivity index (χ1n) is 6.22. The van der Waals surface area contributed by atoms with E-state index in [0.717, 1.165) is 0 Å². The van der Waals surface area contributed by atoms with Crippen LogP contribution >= 0.6 is 11.6 Å². The molecule has 0 heterocycles. The number of esters is 2. The van der Waals surface area contributed by atoms with E-state index >= 15 is 0 Å². The van der Waals surface area contributed by atoms with Gasteiger partial charge in [0, 0.05) is 0 Å². The van der Waals surface area contributed by atoms with Crippen molar-refractivity contribution >= 4 is 35.3 Å². The van der Waals surface area contributed by atoms with Crippen LogP contribution in [0.15, 0.2) is 23.2 Å². The largest absolute Gasteiger partial charge is 0.466 e. The molecule has 112 valence electrons. The van der Waals surface area contributed by atoms with Crippen LogP contribution in [0.5, 0.6) is 0 Å². The van der Waals surface area contributed by atoms with Crippen LogP contribution in [0.3, 0.4) is 0 Å². The summed E-state index contributed by atoms with van der Waals surface area (Å²) in [4.78, 5) is 36.9. The molecule has 0 aromatic heterocycles. The molecule has 0 radical (unpaired) electrons. The maximum atomic E-state index is 12.0. The predicted molar refractivity (Wildman–Crippen MR) is 75.4 cm³/mol. The lowest BCUT2D eigenvalue weighted by Gasteiger charge is -2.13. The third-order valence-corrected chi connectivity index (χ3v) is 2.74. The lowest BCUT2D eigenvalue weighted by Crippen LogP contribution is -2.20. The van der Waals surface area contributed by atoms with Gasteiger partial charge in [0.1, 0.15) is 6.10 Å². The predicted octanol–water partition coefficient (Wildman–Crippen LogP) is 2.81. The van der Waals surface area contributed by atoms with Crippen LogP contribution in [-0.2, 0) is 19.1 Å². The van der Waals surface area contributed by atoms with E-state index in [0.29, 0.717) is 0 Å². The van der Waals surface area contributed by atoms with Gasteiger partial charge in [-0.3, -0.25) is 4.79 Å². The van der Waals surface area contributed by atoms with Gasteiger partial charge in [0.2, 0.25) is 6.08 Å². The summed E-state index contributed by atoms with van der Waals surface area (Å²) in [6.45, 7) is 3.51. The Labute approximate surface area is 126 Å². The summed E-state index contributed by atoms with van der Waals surface area (Å²) in [5.74, 6) is -1.16. The fourth-order valence-electron chi connectivity index (χ4n) is 1.53. The molecule has 0 N–H and O–H groups in total. The van der Waals surface area contributed by atoms with Crippen molar-refractivity contribution in [3.63, 3.8) is 0 Å². The molecule has 0 amide bonds. The van der Waals surface area contributed by atoms with Gasteiger partial charge in [0.25, 0.3) is 0 Å². The Kier molecular flexibility index (Phi) is 6.59. The molecule has 1 aromatic rings. The second-order valence-electron chi connectivity index (χ2n) is 4.09. The number of hydrogen-bond acceptors (Lipinski definition) is 6. The molecular weight excluding hydrogens is 298 g/mol. The zero-order valence-corrected chi connectivity index (χ0v) is 12.3. The monoisotopic (exact) mass is 311 g/mol. The van der Waals surface area contributed by atoms with E-state index in [9.17, 15) is 14.4 Å². The minimum absolute atomic E-state index is 0.0522. The summed E-state index contributed by atoms with van der Waals surface area (Å²) in [5.41, 5.74) is 0.295. The molecule has 0 aliphatic heterocycles. The highest BCUT2D eigenvalue weighted by atomic mass is 35.5. The highest BCUT2D eigenvalue weighted by molar-refractivity contribution is 6.33. The van der Waals surface area contributed by atoms with E-state index < -0.39 is 18.0 Å². The van der Waals surface area contributed by atoms with Crippen molar-refractivity contribution in [1.82, 2.24) is 0 Å². The lowest BCUT2D eigenvalue weighted by molar-refractivity contribution is -0.145. The van der Waals surface area contributed by atoms with Gasteiger partial charge in [0.05, 0.1) is 29.3 Å². The summed E-state index contributed by atoms with van der Waals surface area (Å²) in [7, 11) is 0. The molecule has 0 fully saturated rings. The van der Waals surface area contributed by atoms with Crippen LogP contribution in [0.25, 0.3) is 0 Å². The van der Waals surface area contributed by atoms with Crippen LogP contribution < -0.4 is 0 Å². The molecule has 0 aliphatic carbocycles. The van der Waals surface area contributed by atoms with Gasteiger partial charge in [-0.15, -0.1) is 0 Å². The smallest absolute Gasteiger partial charge is 0.340 e. The average Bonchev–Trinajstić information content (AvgIpc) is 2.41. The highest BCUT2D eigenvalue weighted by Crippen LogP contribution is 2.23. The van der Waals surface area contributed by atoms with Crippen LogP contribution in [0.4, 0.5) is 5.69 Å². The summed E-state index contributed by atoms with van der Waals surface area (Å²) in [6, 6.07) is 4.20. The molecule has 1 aromatic carbocycles. The van der Waals surface area contributed by atoms with Crippen molar-refractivity contribution in [3.05, 3.63) is 28.8 Å². The number of carbonyl (C=O) groups is 2. The molecule has 0 unspecified atom stereocenters. The van der Waals surface area contributed by atoms with E-state index in [-0.39, 0.29) is 29.3 Å². The number of isocyanates is 1. The van der Waals surface area contributed by atoms with Gasteiger partial charge in [-0.2, -0.15) is 4.99 Å². The summed E-state index contributed by atoms with van der Waals surface area (Å²) in [6.07, 6.45) is 0.656. The second-order valence-corrected chi connectivity index (χ2v) is 4.50. The van der Waals surface area contributed by atoms with E-state index in [1.54, 1.807) is 13.8 Å². The maximum Gasteiger partial charge on any atom is 0.340 e. The molecule has 0 saturated heterocycles. The number of hydrogen-bond donors (Lipinski definition) is 0. The van der Waals surface area contributed by atoms with Crippen LogP contribution in [0, 0.1) is 0 Å². The molecule has 0 spiro atoms. The fourth-order valence-corrected chi connectivity index (χ4v) is 1.73. The highest BCUT2D eigenvalue weighted by Gasteiger charge is 2.18. The van der Waals surface area contributed by atoms with Crippen molar-refractivity contribution < 1.29 is 23.9 Å². The number of ether oxygens (including phenoxy) is 2. The van der Waals surface area contributed by atoms with Gasteiger partial charge >= 0.3 is 11.9 Å². The summed E-state index contributed by atoms with van der Waals surface area (Å²) < 4.78 is 9.86. The van der Waals surface area contributed by atoms with E-state index in [2.05, 4.69) is 4.99 Å². The number of aliphatic imine (C=N–C) groups is 1. The van der Waals surface area contributed by atoms with Crippen molar-refractivity contribution in [2.75, 3.05) is 6.61 Å². The van der Waals surface area contributed by atoms with Crippen molar-refractivity contribution in [3.8, 4) is 0 Å². The second kappa shape index (κ2) is 8.19. The molecule has 0 aliphatic rings. The number of carbonyl (C=O) groups excluding carboxylic acids is 3. The lowest BCUT2D eigenvalue weighted by atomic mass is 10.2. The topological polar surface area (TPSA) is 82.0 Å². The Bertz CT molecular complexity index is 581. The minimum Gasteiger partial charge on any atom is -0.466 e. The van der Waals surface area contributed by atoms with Gasteiger partial charge in [-0.05, 0) is 32.0 Å². The van der Waals surface area contributed by atoms with Crippen molar-refractivity contribution in [1.29, 1.82) is 0 Å². The molecular formula is C14H14ClNO5. The van der Waals surface area contributed by atoms with Crippen molar-refractivity contribution in [2.45, 2.75) is 26.4 Å². The fraction of sp³-hybridized carbons (Fsp3) is 0.357. The molecule has 21 heavy (non-hydrogen) atoms. The first kappa shape index (κ1) is 16.9. The maximum absolute atomic E-state index is 12.0. The zero-order valence-electron chi connectivity index (χ0n) is 11.6. The van der Waals surface area contributed by atoms with Crippen LogP contribution in [0.1, 0.15) is 30.6 Å². The van der Waals surface area contributed by atoms with Gasteiger partial charge in [-0.1, -0.05) is 11.6 Å². The average molecular weight is 312 g/mol. The summed E-state index contributed by atoms with van der Waals surface area (Å²) in [5, 5.41) is 0.160. The van der Waals surface area contributed by atoms with E-state index in [1.807, 2.05) is 0 Å². The van der Waals surface area contributed by atoms with Gasteiger partial charge < -0.3 is 9.47 Å². The third kappa shape index (κ3) is 5.38. The number of benzene rings is 1. The molecule has 1 rings (SSSR count).